The zero-order valence-corrected chi connectivity index (χ0v) is 9.19. The van der Waals surface area contributed by atoms with Gasteiger partial charge in [-0.3, -0.25) is 0 Å². The molecule has 82 valence electrons. The summed E-state index contributed by atoms with van der Waals surface area (Å²) in [6.45, 7) is 4.87. The molecule has 0 aliphatic carbocycles. The van der Waals surface area contributed by atoms with E-state index >= 15 is 0 Å². The molecule has 0 aliphatic rings. The molecule has 3 heteroatoms. The average Bonchev–Trinajstić information content (AvgIpc) is 2.30. The molecule has 0 atom stereocenters. The Morgan fingerprint density at radius 3 is 2.60 bits per heavy atom. The van der Waals surface area contributed by atoms with Crippen LogP contribution in [-0.2, 0) is 9.47 Å². The van der Waals surface area contributed by atoms with Crippen LogP contribution in [0.25, 0.3) is 0 Å². The van der Waals surface area contributed by atoms with Crippen molar-refractivity contribution in [2.45, 2.75) is 6.92 Å². The van der Waals surface area contributed by atoms with E-state index in [-0.39, 0.29) is 6.79 Å². The number of hydrogen-bond donors (Lipinski definition) is 0. The highest BCUT2D eigenvalue weighted by Gasteiger charge is 2.02. The van der Waals surface area contributed by atoms with Crippen LogP contribution in [0.2, 0.25) is 0 Å². The van der Waals surface area contributed by atoms with Gasteiger partial charge in [0.2, 0.25) is 7.11 Å². The van der Waals surface area contributed by atoms with E-state index in [4.69, 9.17) is 4.74 Å². The van der Waals surface area contributed by atoms with Crippen molar-refractivity contribution in [1.82, 2.24) is 0 Å². The van der Waals surface area contributed by atoms with Crippen LogP contribution in [0, 0.1) is 7.11 Å². The summed E-state index contributed by atoms with van der Waals surface area (Å²) in [7, 11) is 3.24. The summed E-state index contributed by atoms with van der Waals surface area (Å²) < 4.78 is 9.78. The fraction of sp³-hybridized carbons (Fsp3) is 0.417. The van der Waals surface area contributed by atoms with Crippen LogP contribution >= 0.6 is 0 Å². The molecular weight excluding hydrogens is 190 g/mol. The van der Waals surface area contributed by atoms with Crippen LogP contribution in [0.15, 0.2) is 30.3 Å². The minimum absolute atomic E-state index is 0.256. The van der Waals surface area contributed by atoms with Crippen LogP contribution in [0.3, 0.4) is 0 Å². The average molecular weight is 208 g/mol. The molecule has 0 bridgehead atoms. The van der Waals surface area contributed by atoms with Gasteiger partial charge in [-0.15, -0.1) is 0 Å². The summed E-state index contributed by atoms with van der Waals surface area (Å²) in [5.74, 6) is 0. The highest BCUT2D eigenvalue weighted by Crippen LogP contribution is 2.11. The van der Waals surface area contributed by atoms with E-state index in [1.807, 2.05) is 18.2 Å². The van der Waals surface area contributed by atoms with Crippen LogP contribution in [-0.4, -0.2) is 26.5 Å². The molecule has 0 aliphatic heterocycles. The molecule has 0 saturated carbocycles. The number of hydrogen-bond acceptors (Lipinski definition) is 3. The van der Waals surface area contributed by atoms with E-state index in [9.17, 15) is 0 Å². The minimum atomic E-state index is 0.256. The predicted octanol–water partition coefficient (Wildman–Crippen LogP) is 2.30. The van der Waals surface area contributed by atoms with Gasteiger partial charge >= 0.3 is 0 Å². The third kappa shape index (κ3) is 4.23. The fourth-order valence-electron chi connectivity index (χ4n) is 1.40. The van der Waals surface area contributed by atoms with E-state index in [1.54, 1.807) is 0 Å². The lowest BCUT2D eigenvalue weighted by Gasteiger charge is -2.22. The lowest BCUT2D eigenvalue weighted by atomic mass is 10.3. The molecule has 0 amide bonds. The zero-order chi connectivity index (χ0) is 10.9. The first-order valence-electron chi connectivity index (χ1n) is 5.13. The second-order valence-electron chi connectivity index (χ2n) is 3.15. The maximum atomic E-state index is 5.21. The van der Waals surface area contributed by atoms with Gasteiger partial charge in [-0.1, -0.05) is 18.2 Å². The Labute approximate surface area is 91.6 Å². The SMILES string of the molecule is [CH2+]OCOCCN(CC)c1ccccc1. The summed E-state index contributed by atoms with van der Waals surface area (Å²) in [4.78, 5) is 2.25. The van der Waals surface area contributed by atoms with Gasteiger partial charge in [0.05, 0.1) is 6.61 Å². The smallest absolute Gasteiger partial charge is 0.216 e. The Bertz CT molecular complexity index is 251. The second-order valence-corrected chi connectivity index (χ2v) is 3.15. The molecule has 0 saturated heterocycles. The highest BCUT2D eigenvalue weighted by molar-refractivity contribution is 5.45. The van der Waals surface area contributed by atoms with Crippen LogP contribution in [0.4, 0.5) is 5.69 Å². The Kier molecular flexibility index (Phi) is 5.66. The van der Waals surface area contributed by atoms with E-state index in [2.05, 4.69) is 35.8 Å². The molecular formula is C12H18NO2+. The number of ether oxygens (including phenoxy) is 2. The second kappa shape index (κ2) is 7.15. The van der Waals surface area contributed by atoms with Crippen molar-refractivity contribution in [3.8, 4) is 0 Å². The van der Waals surface area contributed by atoms with Gasteiger partial charge < -0.3 is 9.64 Å². The number of anilines is 1. The quantitative estimate of drug-likeness (QED) is 0.390. The zero-order valence-electron chi connectivity index (χ0n) is 9.19. The number of rotatable bonds is 7. The van der Waals surface area contributed by atoms with Crippen LogP contribution in [0.5, 0.6) is 0 Å². The maximum absolute atomic E-state index is 5.21. The van der Waals surface area contributed by atoms with Gasteiger partial charge in [0, 0.05) is 18.8 Å². The Hall–Kier alpha value is -1.19. The van der Waals surface area contributed by atoms with Crippen molar-refractivity contribution < 1.29 is 9.47 Å². The fourth-order valence-corrected chi connectivity index (χ4v) is 1.40. The minimum Gasteiger partial charge on any atom is -0.369 e. The largest absolute Gasteiger partial charge is 0.369 e. The van der Waals surface area contributed by atoms with E-state index in [1.165, 1.54) is 5.69 Å². The topological polar surface area (TPSA) is 21.7 Å². The summed E-state index contributed by atoms with van der Waals surface area (Å²) in [5.41, 5.74) is 1.22. The molecule has 0 spiro atoms. The van der Waals surface area contributed by atoms with Gasteiger partial charge in [-0.05, 0) is 19.1 Å². The van der Waals surface area contributed by atoms with Gasteiger partial charge in [0.15, 0.2) is 6.79 Å². The molecule has 3 nitrogen and oxygen atoms in total. The van der Waals surface area contributed by atoms with Crippen molar-refractivity contribution in [2.24, 2.45) is 0 Å². The lowest BCUT2D eigenvalue weighted by molar-refractivity contribution is -0.0110. The first kappa shape index (κ1) is 11.9. The van der Waals surface area contributed by atoms with E-state index < -0.39 is 0 Å². The summed E-state index contributed by atoms with van der Waals surface area (Å²) in [5, 5.41) is 0. The van der Waals surface area contributed by atoms with Gasteiger partial charge in [0.25, 0.3) is 0 Å². The summed E-state index contributed by atoms with van der Waals surface area (Å²) in [6.07, 6.45) is 0. The third-order valence-electron chi connectivity index (χ3n) is 2.18. The molecule has 0 aromatic heterocycles. The van der Waals surface area contributed by atoms with Gasteiger partial charge in [0.1, 0.15) is 0 Å². The first-order chi connectivity index (χ1) is 7.38. The van der Waals surface area contributed by atoms with Crippen molar-refractivity contribution in [3.05, 3.63) is 37.4 Å². The summed E-state index contributed by atoms with van der Waals surface area (Å²) >= 11 is 0. The third-order valence-corrected chi connectivity index (χ3v) is 2.18. The number of para-hydroxylation sites is 1. The van der Waals surface area contributed by atoms with E-state index in [0.717, 1.165) is 13.1 Å². The maximum Gasteiger partial charge on any atom is 0.216 e. The van der Waals surface area contributed by atoms with Crippen molar-refractivity contribution in [3.63, 3.8) is 0 Å². The molecule has 0 radical (unpaired) electrons. The first-order valence-corrected chi connectivity index (χ1v) is 5.13. The molecule has 1 aromatic rings. The number of benzene rings is 1. The molecule has 0 unspecified atom stereocenters. The van der Waals surface area contributed by atoms with E-state index in [0.29, 0.717) is 6.61 Å². The monoisotopic (exact) mass is 208 g/mol. The molecule has 1 aromatic carbocycles. The standard InChI is InChI=1S/C12H18NO2/c1-3-13(9-10-15-11-14-2)12-7-5-4-6-8-12/h4-8H,2-3,9-11H2,1H3/q+1. The van der Waals surface area contributed by atoms with Gasteiger partial charge in [-0.25, -0.2) is 0 Å². The van der Waals surface area contributed by atoms with Crippen LogP contribution < -0.4 is 4.90 Å². The number of nitrogens with zero attached hydrogens (tertiary/aromatic N) is 1. The normalized spacial score (nSPS) is 10.2. The molecule has 1 rings (SSSR count). The van der Waals surface area contributed by atoms with Crippen molar-refractivity contribution >= 4 is 5.69 Å². The molecule has 0 heterocycles. The Morgan fingerprint density at radius 2 is 2.00 bits per heavy atom. The van der Waals surface area contributed by atoms with Crippen LogP contribution in [0.1, 0.15) is 6.92 Å². The Morgan fingerprint density at radius 1 is 1.27 bits per heavy atom. The predicted molar refractivity (Wildman–Crippen MR) is 61.6 cm³/mol. The summed E-state index contributed by atoms with van der Waals surface area (Å²) in [6, 6.07) is 10.3. The highest BCUT2D eigenvalue weighted by atomic mass is 16.7. The van der Waals surface area contributed by atoms with Crippen molar-refractivity contribution in [1.29, 1.82) is 0 Å². The lowest BCUT2D eigenvalue weighted by Crippen LogP contribution is -2.27. The van der Waals surface area contributed by atoms with Gasteiger partial charge in [-0.2, -0.15) is 4.74 Å². The van der Waals surface area contributed by atoms with Crippen molar-refractivity contribution in [2.75, 3.05) is 31.4 Å². The Balaban J connectivity index is 2.36. The molecule has 0 fully saturated rings. The molecule has 0 N–H and O–H groups in total. The number of likely N-dealkylation sites (N-methyl/N-ethyl adjacent to an activating group) is 1. The molecule has 15 heavy (non-hydrogen) atoms.